The quantitative estimate of drug-likeness (QED) is 0.734. The third kappa shape index (κ3) is 4.97. The number of carbonyl (C=O) groups excluding carboxylic acids is 1. The van der Waals surface area contributed by atoms with Crippen LogP contribution in [-0.4, -0.2) is 18.5 Å². The highest BCUT2D eigenvalue weighted by molar-refractivity contribution is 5.79. The van der Waals surface area contributed by atoms with Crippen molar-refractivity contribution in [2.75, 3.05) is 6.54 Å². The average Bonchev–Trinajstić information content (AvgIpc) is 2.76. The van der Waals surface area contributed by atoms with Gasteiger partial charge in [0, 0.05) is 12.0 Å². The Morgan fingerprint density at radius 2 is 2.00 bits per heavy atom. The normalized spacial score (nSPS) is 25.4. The van der Waals surface area contributed by atoms with E-state index < -0.39 is 0 Å². The van der Waals surface area contributed by atoms with Gasteiger partial charge in [0.2, 0.25) is 5.91 Å². The summed E-state index contributed by atoms with van der Waals surface area (Å²) in [5.74, 6) is 1.57. The van der Waals surface area contributed by atoms with Gasteiger partial charge in [-0.05, 0) is 44.6 Å². The predicted molar refractivity (Wildman–Crippen MR) is 76.2 cm³/mol. The fourth-order valence-corrected chi connectivity index (χ4v) is 2.92. The highest BCUT2D eigenvalue weighted by atomic mass is 16.1. The minimum Gasteiger partial charge on any atom is -0.353 e. The number of hydrogen-bond donors (Lipinski definition) is 2. The first-order valence-corrected chi connectivity index (χ1v) is 7.55. The van der Waals surface area contributed by atoms with E-state index in [2.05, 4.69) is 26.1 Å². The summed E-state index contributed by atoms with van der Waals surface area (Å²) in [7, 11) is 0. The molecule has 3 heteroatoms. The number of hydrogen-bond acceptors (Lipinski definition) is 2. The van der Waals surface area contributed by atoms with Crippen LogP contribution in [0.3, 0.4) is 0 Å². The van der Waals surface area contributed by atoms with Crippen molar-refractivity contribution in [2.45, 2.75) is 65.3 Å². The molecule has 0 aromatic carbocycles. The molecule has 0 heterocycles. The third-order valence-corrected chi connectivity index (χ3v) is 4.11. The topological polar surface area (TPSA) is 55.1 Å². The fourth-order valence-electron chi connectivity index (χ4n) is 2.92. The number of carbonyl (C=O) groups is 1. The molecule has 106 valence electrons. The van der Waals surface area contributed by atoms with Gasteiger partial charge in [-0.2, -0.15) is 0 Å². The molecule has 1 amide bonds. The van der Waals surface area contributed by atoms with Gasteiger partial charge in [-0.25, -0.2) is 0 Å². The van der Waals surface area contributed by atoms with E-state index >= 15 is 0 Å². The van der Waals surface area contributed by atoms with Crippen LogP contribution < -0.4 is 11.1 Å². The zero-order valence-electron chi connectivity index (χ0n) is 12.2. The van der Waals surface area contributed by atoms with Crippen LogP contribution >= 0.6 is 0 Å². The molecule has 1 aliphatic carbocycles. The first-order valence-electron chi connectivity index (χ1n) is 7.55. The summed E-state index contributed by atoms with van der Waals surface area (Å²) < 4.78 is 0. The number of rotatable bonds is 7. The second kappa shape index (κ2) is 7.78. The molecule has 1 aliphatic rings. The summed E-state index contributed by atoms with van der Waals surface area (Å²) in [5, 5.41) is 3.17. The van der Waals surface area contributed by atoms with E-state index in [1.165, 1.54) is 12.8 Å². The molecule has 3 atom stereocenters. The Labute approximate surface area is 112 Å². The van der Waals surface area contributed by atoms with Gasteiger partial charge < -0.3 is 11.1 Å². The maximum absolute atomic E-state index is 12.2. The lowest BCUT2D eigenvalue weighted by atomic mass is 9.95. The Hall–Kier alpha value is -0.570. The van der Waals surface area contributed by atoms with Crippen LogP contribution in [0.15, 0.2) is 0 Å². The Bertz CT molecular complexity index is 253. The van der Waals surface area contributed by atoms with E-state index in [0.717, 1.165) is 31.6 Å². The summed E-state index contributed by atoms with van der Waals surface area (Å²) in [6.45, 7) is 7.26. The van der Waals surface area contributed by atoms with Gasteiger partial charge in [-0.1, -0.05) is 33.1 Å². The molecular formula is C15H30N2O. The minimum absolute atomic E-state index is 0.169. The molecule has 0 spiro atoms. The highest BCUT2D eigenvalue weighted by Gasteiger charge is 2.32. The van der Waals surface area contributed by atoms with Crippen molar-refractivity contribution in [1.82, 2.24) is 5.32 Å². The van der Waals surface area contributed by atoms with Crippen molar-refractivity contribution in [3.05, 3.63) is 0 Å². The van der Waals surface area contributed by atoms with E-state index in [9.17, 15) is 4.79 Å². The van der Waals surface area contributed by atoms with Crippen LogP contribution in [0, 0.1) is 17.8 Å². The SMILES string of the molecule is CC(C)CCCC(C)NC(=O)C1CCCC1CN. The van der Waals surface area contributed by atoms with Gasteiger partial charge in [0.25, 0.3) is 0 Å². The van der Waals surface area contributed by atoms with E-state index in [1.54, 1.807) is 0 Å². The van der Waals surface area contributed by atoms with Crippen molar-refractivity contribution >= 4 is 5.91 Å². The van der Waals surface area contributed by atoms with Crippen LogP contribution in [0.1, 0.15) is 59.3 Å². The van der Waals surface area contributed by atoms with Gasteiger partial charge in [0.1, 0.15) is 0 Å². The van der Waals surface area contributed by atoms with Crippen molar-refractivity contribution < 1.29 is 4.79 Å². The Morgan fingerprint density at radius 3 is 2.61 bits per heavy atom. The lowest BCUT2D eigenvalue weighted by Gasteiger charge is -2.21. The summed E-state index contributed by atoms with van der Waals surface area (Å²) in [6.07, 6.45) is 6.83. The predicted octanol–water partition coefficient (Wildman–Crippen LogP) is 2.69. The van der Waals surface area contributed by atoms with Crippen molar-refractivity contribution in [1.29, 1.82) is 0 Å². The molecule has 0 aromatic rings. The lowest BCUT2D eigenvalue weighted by molar-refractivity contribution is -0.126. The molecule has 0 aliphatic heterocycles. The van der Waals surface area contributed by atoms with E-state index in [1.807, 2.05) is 0 Å². The maximum atomic E-state index is 12.2. The van der Waals surface area contributed by atoms with Crippen LogP contribution in [0.4, 0.5) is 0 Å². The zero-order valence-corrected chi connectivity index (χ0v) is 12.2. The monoisotopic (exact) mass is 254 g/mol. The van der Waals surface area contributed by atoms with Gasteiger partial charge in [-0.3, -0.25) is 4.79 Å². The molecule has 3 nitrogen and oxygen atoms in total. The molecule has 1 saturated carbocycles. The molecule has 1 fully saturated rings. The van der Waals surface area contributed by atoms with Gasteiger partial charge in [0.05, 0.1) is 0 Å². The average molecular weight is 254 g/mol. The summed E-state index contributed by atoms with van der Waals surface area (Å²) >= 11 is 0. The van der Waals surface area contributed by atoms with Crippen LogP contribution in [0.5, 0.6) is 0 Å². The largest absolute Gasteiger partial charge is 0.353 e. The van der Waals surface area contributed by atoms with Gasteiger partial charge in [0.15, 0.2) is 0 Å². The smallest absolute Gasteiger partial charge is 0.223 e. The summed E-state index contributed by atoms with van der Waals surface area (Å²) in [4.78, 5) is 12.2. The maximum Gasteiger partial charge on any atom is 0.223 e. The van der Waals surface area contributed by atoms with Crippen LogP contribution in [0.25, 0.3) is 0 Å². The standard InChI is InChI=1S/C15H30N2O/c1-11(2)6-4-7-12(3)17-15(18)14-9-5-8-13(14)10-16/h11-14H,4-10,16H2,1-3H3,(H,17,18). The third-order valence-electron chi connectivity index (χ3n) is 4.11. The molecule has 0 bridgehead atoms. The summed E-state index contributed by atoms with van der Waals surface area (Å²) in [5.41, 5.74) is 5.73. The van der Waals surface area contributed by atoms with E-state index in [0.29, 0.717) is 18.5 Å². The first-order chi connectivity index (χ1) is 8.54. The fraction of sp³-hybridized carbons (Fsp3) is 0.933. The highest BCUT2D eigenvalue weighted by Crippen LogP contribution is 2.31. The number of amides is 1. The molecule has 0 saturated heterocycles. The lowest BCUT2D eigenvalue weighted by Crippen LogP contribution is -2.39. The Morgan fingerprint density at radius 1 is 1.28 bits per heavy atom. The molecule has 1 rings (SSSR count). The van der Waals surface area contributed by atoms with Gasteiger partial charge in [-0.15, -0.1) is 0 Å². The number of nitrogens with one attached hydrogen (secondary N) is 1. The number of nitrogens with two attached hydrogens (primary N) is 1. The second-order valence-corrected chi connectivity index (χ2v) is 6.27. The van der Waals surface area contributed by atoms with E-state index in [-0.39, 0.29) is 11.8 Å². The molecular weight excluding hydrogens is 224 g/mol. The van der Waals surface area contributed by atoms with E-state index in [4.69, 9.17) is 5.73 Å². The van der Waals surface area contributed by atoms with Crippen molar-refractivity contribution in [2.24, 2.45) is 23.5 Å². The first kappa shape index (κ1) is 15.5. The molecule has 0 aromatic heterocycles. The van der Waals surface area contributed by atoms with Crippen LogP contribution in [-0.2, 0) is 4.79 Å². The van der Waals surface area contributed by atoms with Crippen molar-refractivity contribution in [3.63, 3.8) is 0 Å². The molecule has 18 heavy (non-hydrogen) atoms. The van der Waals surface area contributed by atoms with Crippen LogP contribution in [0.2, 0.25) is 0 Å². The molecule has 3 N–H and O–H groups in total. The summed E-state index contributed by atoms with van der Waals surface area (Å²) in [6, 6.07) is 0.301. The zero-order chi connectivity index (χ0) is 13.5. The van der Waals surface area contributed by atoms with Crippen molar-refractivity contribution in [3.8, 4) is 0 Å². The Kier molecular flexibility index (Phi) is 6.69. The molecule has 3 unspecified atom stereocenters. The Balaban J connectivity index is 2.26. The second-order valence-electron chi connectivity index (χ2n) is 6.27. The van der Waals surface area contributed by atoms with Gasteiger partial charge >= 0.3 is 0 Å². The minimum atomic E-state index is 0.169. The molecule has 0 radical (unpaired) electrons.